The molecule has 1 aromatic rings. The molecule has 102 valence electrons. The summed E-state index contributed by atoms with van der Waals surface area (Å²) in [6, 6.07) is 2.87. The average molecular weight is 259 g/mol. The predicted octanol–water partition coefficient (Wildman–Crippen LogP) is 1.54. The molecule has 19 heavy (non-hydrogen) atoms. The van der Waals surface area contributed by atoms with Crippen LogP contribution in [0.3, 0.4) is 0 Å². The number of piperidine rings is 1. The number of nitriles is 1. The van der Waals surface area contributed by atoms with Crippen LogP contribution in [0.5, 0.6) is 0 Å². The first-order valence-electron chi connectivity index (χ1n) is 6.89. The van der Waals surface area contributed by atoms with Crippen molar-refractivity contribution in [2.24, 2.45) is 0 Å². The van der Waals surface area contributed by atoms with E-state index in [0.29, 0.717) is 11.6 Å². The molecule has 0 aliphatic carbocycles. The van der Waals surface area contributed by atoms with Crippen LogP contribution in [-0.2, 0) is 0 Å². The smallest absolute Gasteiger partial charge is 0.169 e. The van der Waals surface area contributed by atoms with Gasteiger partial charge >= 0.3 is 0 Å². The van der Waals surface area contributed by atoms with Crippen LogP contribution in [0.2, 0.25) is 0 Å². The Labute approximate surface area is 114 Å². The van der Waals surface area contributed by atoms with E-state index in [0.717, 1.165) is 49.6 Å². The fourth-order valence-electron chi connectivity index (χ4n) is 2.54. The summed E-state index contributed by atoms with van der Waals surface area (Å²) in [5, 5.41) is 21.2. The lowest BCUT2D eigenvalue weighted by Gasteiger charge is -2.33. The Morgan fingerprint density at radius 1 is 1.32 bits per heavy atom. The van der Waals surface area contributed by atoms with Gasteiger partial charge in [0.1, 0.15) is 11.6 Å². The number of aryl methyl sites for hydroxylation is 1. The number of nitrogens with zero attached hydrogens (tertiary/aromatic N) is 4. The van der Waals surface area contributed by atoms with Gasteiger partial charge in [-0.2, -0.15) is 10.4 Å². The fraction of sp³-hybridized carbons (Fsp3) is 0.643. The molecule has 1 N–H and O–H groups in total. The number of hydrogen-bond donors (Lipinski definition) is 1. The topological polar surface area (TPSA) is 64.8 Å². The van der Waals surface area contributed by atoms with Gasteiger partial charge in [0.15, 0.2) is 5.82 Å². The van der Waals surface area contributed by atoms with Crippen LogP contribution in [0.25, 0.3) is 0 Å². The zero-order valence-corrected chi connectivity index (χ0v) is 11.9. The van der Waals surface area contributed by atoms with E-state index in [1.54, 1.807) is 0 Å². The second-order valence-corrected chi connectivity index (χ2v) is 5.04. The van der Waals surface area contributed by atoms with Crippen LogP contribution < -0.4 is 10.2 Å². The summed E-state index contributed by atoms with van der Waals surface area (Å²) in [5.74, 6) is 0.751. The highest BCUT2D eigenvalue weighted by molar-refractivity contribution is 5.57. The van der Waals surface area contributed by atoms with Crippen LogP contribution in [0.1, 0.15) is 36.6 Å². The Morgan fingerprint density at radius 2 is 2.00 bits per heavy atom. The van der Waals surface area contributed by atoms with E-state index in [9.17, 15) is 5.26 Å². The summed E-state index contributed by atoms with van der Waals surface area (Å²) in [4.78, 5) is 2.19. The molecule has 0 radical (unpaired) electrons. The minimum Gasteiger partial charge on any atom is -0.354 e. The summed E-state index contributed by atoms with van der Waals surface area (Å²) in [6.07, 6.45) is 2.18. The lowest BCUT2D eigenvalue weighted by Crippen LogP contribution is -2.43. The number of nitrogens with one attached hydrogen (secondary N) is 1. The molecular weight excluding hydrogens is 238 g/mol. The van der Waals surface area contributed by atoms with Gasteiger partial charge in [-0.1, -0.05) is 6.92 Å². The first-order valence-corrected chi connectivity index (χ1v) is 6.89. The van der Waals surface area contributed by atoms with Gasteiger partial charge in [-0.3, -0.25) is 0 Å². The molecule has 0 saturated carbocycles. The summed E-state index contributed by atoms with van der Waals surface area (Å²) >= 11 is 0. The molecule has 0 aromatic carbocycles. The van der Waals surface area contributed by atoms with Crippen molar-refractivity contribution in [3.63, 3.8) is 0 Å². The van der Waals surface area contributed by atoms with Crippen molar-refractivity contribution in [3.8, 4) is 6.07 Å². The van der Waals surface area contributed by atoms with Crippen LogP contribution in [0.4, 0.5) is 5.82 Å². The summed E-state index contributed by atoms with van der Waals surface area (Å²) < 4.78 is 0. The van der Waals surface area contributed by atoms with Crippen molar-refractivity contribution < 1.29 is 0 Å². The van der Waals surface area contributed by atoms with Crippen LogP contribution in [0, 0.1) is 25.2 Å². The van der Waals surface area contributed by atoms with Crippen molar-refractivity contribution in [1.29, 1.82) is 5.26 Å². The van der Waals surface area contributed by atoms with Gasteiger partial charge in [-0.25, -0.2) is 0 Å². The molecule has 2 rings (SSSR count). The minimum atomic E-state index is 0.589. The number of rotatable bonds is 3. The third kappa shape index (κ3) is 2.85. The van der Waals surface area contributed by atoms with Crippen LogP contribution >= 0.6 is 0 Å². The molecule has 1 aliphatic rings. The molecule has 1 saturated heterocycles. The molecule has 0 atom stereocenters. The first kappa shape index (κ1) is 13.8. The predicted molar refractivity (Wildman–Crippen MR) is 75.1 cm³/mol. The quantitative estimate of drug-likeness (QED) is 0.892. The normalized spacial score (nSPS) is 16.4. The number of anilines is 1. The maximum absolute atomic E-state index is 9.33. The molecule has 5 heteroatoms. The average Bonchev–Trinajstić information content (AvgIpc) is 2.43. The van der Waals surface area contributed by atoms with Crippen LogP contribution in [-0.4, -0.2) is 35.9 Å². The fourth-order valence-corrected chi connectivity index (χ4v) is 2.54. The van der Waals surface area contributed by atoms with Gasteiger partial charge in [0, 0.05) is 19.1 Å². The summed E-state index contributed by atoms with van der Waals surface area (Å²) in [7, 11) is 0. The second-order valence-electron chi connectivity index (χ2n) is 5.04. The van der Waals surface area contributed by atoms with E-state index < -0.39 is 0 Å². The SMILES string of the molecule is CCNC1CCN(c2nnc(C)c(C)c2C#N)CC1. The van der Waals surface area contributed by atoms with Crippen molar-refractivity contribution in [3.05, 3.63) is 16.8 Å². The molecule has 0 bridgehead atoms. The van der Waals surface area contributed by atoms with E-state index >= 15 is 0 Å². The van der Waals surface area contributed by atoms with Crippen LogP contribution in [0.15, 0.2) is 0 Å². The van der Waals surface area contributed by atoms with E-state index in [2.05, 4.69) is 33.4 Å². The Bertz CT molecular complexity index is 483. The molecule has 1 aliphatic heterocycles. The van der Waals surface area contributed by atoms with Gasteiger partial charge < -0.3 is 10.2 Å². The lowest BCUT2D eigenvalue weighted by molar-refractivity contribution is 0.421. The van der Waals surface area contributed by atoms with Crippen molar-refractivity contribution in [1.82, 2.24) is 15.5 Å². The van der Waals surface area contributed by atoms with Gasteiger partial charge in [0.2, 0.25) is 0 Å². The molecule has 0 spiro atoms. The monoisotopic (exact) mass is 259 g/mol. The maximum Gasteiger partial charge on any atom is 0.169 e. The minimum absolute atomic E-state index is 0.589. The summed E-state index contributed by atoms with van der Waals surface area (Å²) in [5.41, 5.74) is 2.46. The third-order valence-corrected chi connectivity index (χ3v) is 3.84. The largest absolute Gasteiger partial charge is 0.354 e. The molecule has 0 amide bonds. The number of hydrogen-bond acceptors (Lipinski definition) is 5. The lowest BCUT2D eigenvalue weighted by atomic mass is 10.0. The van der Waals surface area contributed by atoms with Gasteiger partial charge in [0.25, 0.3) is 0 Å². The van der Waals surface area contributed by atoms with E-state index in [1.165, 1.54) is 0 Å². The molecule has 5 nitrogen and oxygen atoms in total. The molecule has 0 unspecified atom stereocenters. The van der Waals surface area contributed by atoms with Crippen molar-refractivity contribution in [2.75, 3.05) is 24.5 Å². The van der Waals surface area contributed by atoms with E-state index in [-0.39, 0.29) is 0 Å². The Balaban J connectivity index is 2.16. The Morgan fingerprint density at radius 3 is 2.58 bits per heavy atom. The third-order valence-electron chi connectivity index (χ3n) is 3.84. The highest BCUT2D eigenvalue weighted by Gasteiger charge is 2.23. The Kier molecular flexibility index (Phi) is 4.33. The van der Waals surface area contributed by atoms with Gasteiger partial charge in [-0.05, 0) is 38.8 Å². The molecular formula is C14H21N5. The second kappa shape index (κ2) is 5.98. The zero-order chi connectivity index (χ0) is 13.8. The standard InChI is InChI=1S/C14H21N5/c1-4-16-12-5-7-19(8-6-12)14-13(9-15)10(2)11(3)17-18-14/h12,16H,4-8H2,1-3H3. The van der Waals surface area contributed by atoms with Crippen molar-refractivity contribution >= 4 is 5.82 Å². The van der Waals surface area contributed by atoms with Gasteiger partial charge in [-0.15, -0.1) is 5.10 Å². The van der Waals surface area contributed by atoms with Crippen molar-refractivity contribution in [2.45, 2.75) is 39.7 Å². The molecule has 2 heterocycles. The Hall–Kier alpha value is -1.67. The van der Waals surface area contributed by atoms with Gasteiger partial charge in [0.05, 0.1) is 5.69 Å². The molecule has 1 fully saturated rings. The van der Waals surface area contributed by atoms with E-state index in [4.69, 9.17) is 0 Å². The highest BCUT2D eigenvalue weighted by atomic mass is 15.3. The first-order chi connectivity index (χ1) is 9.17. The zero-order valence-electron chi connectivity index (χ0n) is 11.9. The molecule has 1 aromatic heterocycles. The maximum atomic E-state index is 9.33. The summed E-state index contributed by atoms with van der Waals surface area (Å²) in [6.45, 7) is 8.85. The highest BCUT2D eigenvalue weighted by Crippen LogP contribution is 2.24. The van der Waals surface area contributed by atoms with E-state index in [1.807, 2.05) is 13.8 Å². The number of aromatic nitrogens is 2.